The van der Waals surface area contributed by atoms with Crippen LogP contribution in [-0.4, -0.2) is 36.6 Å². The van der Waals surface area contributed by atoms with Crippen molar-refractivity contribution in [3.63, 3.8) is 0 Å². The first-order valence-corrected chi connectivity index (χ1v) is 9.34. The van der Waals surface area contributed by atoms with E-state index in [2.05, 4.69) is 53.6 Å². The average molecular weight is 383 g/mol. The molecule has 0 radical (unpaired) electrons. The molecule has 0 atom stereocenters. The normalized spacial score (nSPS) is 10.9. The molecule has 0 saturated carbocycles. The van der Waals surface area contributed by atoms with E-state index in [9.17, 15) is 0 Å². The zero-order valence-corrected chi connectivity index (χ0v) is 17.3. The zero-order valence-electron chi connectivity index (χ0n) is 16.5. The molecule has 1 N–H and O–H groups in total. The molecule has 1 aromatic carbocycles. The van der Waals surface area contributed by atoms with Crippen LogP contribution in [-0.2, 0) is 20.1 Å². The summed E-state index contributed by atoms with van der Waals surface area (Å²) in [6, 6.07) is 8.35. The third-order valence-corrected chi connectivity index (χ3v) is 5.29. The molecule has 7 heteroatoms. The summed E-state index contributed by atoms with van der Waals surface area (Å²) >= 11 is 5.56. The van der Waals surface area contributed by atoms with Crippen LogP contribution in [0.3, 0.4) is 0 Å². The number of nitrogens with one attached hydrogen (secondary N) is 1. The van der Waals surface area contributed by atoms with E-state index in [4.69, 9.17) is 12.2 Å². The summed E-state index contributed by atoms with van der Waals surface area (Å²) in [4.78, 5) is 2.02. The molecule has 0 spiro atoms. The van der Waals surface area contributed by atoms with Gasteiger partial charge in [-0.05, 0) is 44.1 Å². The molecule has 0 bridgehead atoms. The summed E-state index contributed by atoms with van der Waals surface area (Å²) in [6.45, 7) is 7.68. The number of anilines is 1. The summed E-state index contributed by atoms with van der Waals surface area (Å²) < 4.78 is 3.83. The Morgan fingerprint density at radius 1 is 1.22 bits per heavy atom. The van der Waals surface area contributed by atoms with E-state index in [0.29, 0.717) is 11.7 Å². The lowest BCUT2D eigenvalue weighted by atomic mass is 10.1. The molecular formula is C20H26N6S. The summed E-state index contributed by atoms with van der Waals surface area (Å²) in [5.41, 5.74) is 6.82. The zero-order chi connectivity index (χ0) is 19.6. The van der Waals surface area contributed by atoms with Crippen LogP contribution in [0.5, 0.6) is 0 Å². The summed E-state index contributed by atoms with van der Waals surface area (Å²) in [6.07, 6.45) is 3.78. The highest BCUT2D eigenvalue weighted by molar-refractivity contribution is 7.80. The Kier molecular flexibility index (Phi) is 5.60. The summed E-state index contributed by atoms with van der Waals surface area (Å²) in [5, 5.41) is 12.8. The van der Waals surface area contributed by atoms with E-state index in [0.717, 1.165) is 23.6 Å². The van der Waals surface area contributed by atoms with E-state index in [1.54, 1.807) is 6.20 Å². The highest BCUT2D eigenvalue weighted by Crippen LogP contribution is 2.16. The standard InChI is InChI=1S/C20H26N6S/c1-14-8-6-7-9-17(14)11-26-12-18(10-21-26)22-20(27)24(4)13-19-15(2)23-25(5)16(19)3/h6-10,12H,11,13H2,1-5H3,(H,22,27). The molecule has 0 fully saturated rings. The minimum absolute atomic E-state index is 0.660. The van der Waals surface area contributed by atoms with Crippen molar-refractivity contribution in [3.8, 4) is 0 Å². The Labute approximate surface area is 165 Å². The van der Waals surface area contributed by atoms with Gasteiger partial charge in [-0.15, -0.1) is 0 Å². The third kappa shape index (κ3) is 4.36. The number of thiocarbonyl (C=S) groups is 1. The van der Waals surface area contributed by atoms with Gasteiger partial charge in [-0.25, -0.2) is 0 Å². The SMILES string of the molecule is Cc1ccccc1Cn1cc(NC(=S)N(C)Cc2c(C)nn(C)c2C)cn1. The van der Waals surface area contributed by atoms with Crippen molar-refractivity contribution in [2.24, 2.45) is 7.05 Å². The first-order valence-electron chi connectivity index (χ1n) is 8.93. The second-order valence-electron chi connectivity index (χ2n) is 6.91. The van der Waals surface area contributed by atoms with Crippen LogP contribution < -0.4 is 5.32 Å². The van der Waals surface area contributed by atoms with Crippen LogP contribution in [0.4, 0.5) is 5.69 Å². The lowest BCUT2D eigenvalue weighted by molar-refractivity contribution is 0.505. The molecule has 3 aromatic rings. The van der Waals surface area contributed by atoms with Gasteiger partial charge >= 0.3 is 0 Å². The molecule has 0 unspecified atom stereocenters. The van der Waals surface area contributed by atoms with Gasteiger partial charge in [-0.2, -0.15) is 10.2 Å². The summed E-state index contributed by atoms with van der Waals surface area (Å²) in [5.74, 6) is 0. The molecule has 0 saturated heterocycles. The molecule has 0 aliphatic carbocycles. The van der Waals surface area contributed by atoms with Gasteiger partial charge in [0.2, 0.25) is 0 Å². The van der Waals surface area contributed by atoms with Gasteiger partial charge in [0.25, 0.3) is 0 Å². The number of aromatic nitrogens is 4. The van der Waals surface area contributed by atoms with Crippen molar-refractivity contribution in [2.45, 2.75) is 33.9 Å². The Balaban J connectivity index is 1.62. The van der Waals surface area contributed by atoms with Crippen LogP contribution in [0.1, 0.15) is 28.1 Å². The fraction of sp³-hybridized carbons (Fsp3) is 0.350. The monoisotopic (exact) mass is 382 g/mol. The number of hydrogen-bond acceptors (Lipinski definition) is 3. The fourth-order valence-corrected chi connectivity index (χ4v) is 3.23. The van der Waals surface area contributed by atoms with E-state index in [1.807, 2.05) is 41.5 Å². The predicted octanol–water partition coefficient (Wildman–Crippen LogP) is 3.42. The van der Waals surface area contributed by atoms with Crippen LogP contribution in [0.25, 0.3) is 0 Å². The van der Waals surface area contributed by atoms with E-state index in [1.165, 1.54) is 16.7 Å². The van der Waals surface area contributed by atoms with Crippen LogP contribution in [0.2, 0.25) is 0 Å². The van der Waals surface area contributed by atoms with Crippen molar-refractivity contribution in [2.75, 3.05) is 12.4 Å². The lowest BCUT2D eigenvalue weighted by Crippen LogP contribution is -2.30. The van der Waals surface area contributed by atoms with E-state index >= 15 is 0 Å². The molecule has 0 aliphatic heterocycles. The van der Waals surface area contributed by atoms with Gasteiger partial charge in [-0.1, -0.05) is 24.3 Å². The maximum absolute atomic E-state index is 5.56. The van der Waals surface area contributed by atoms with E-state index < -0.39 is 0 Å². The van der Waals surface area contributed by atoms with Gasteiger partial charge in [0.15, 0.2) is 5.11 Å². The topological polar surface area (TPSA) is 50.9 Å². The Bertz CT molecular complexity index is 955. The molecule has 2 heterocycles. The van der Waals surface area contributed by atoms with Crippen molar-refractivity contribution < 1.29 is 0 Å². The van der Waals surface area contributed by atoms with Gasteiger partial charge < -0.3 is 10.2 Å². The first kappa shape index (κ1) is 19.1. The number of aryl methyl sites for hydroxylation is 3. The Morgan fingerprint density at radius 3 is 2.63 bits per heavy atom. The Hall–Kier alpha value is -2.67. The molecule has 27 heavy (non-hydrogen) atoms. The molecule has 0 aliphatic rings. The number of benzene rings is 1. The molecule has 6 nitrogen and oxygen atoms in total. The van der Waals surface area contributed by atoms with Gasteiger partial charge in [0, 0.05) is 38.1 Å². The Morgan fingerprint density at radius 2 is 1.96 bits per heavy atom. The highest BCUT2D eigenvalue weighted by Gasteiger charge is 2.14. The number of rotatable bonds is 5. The maximum atomic E-state index is 5.56. The van der Waals surface area contributed by atoms with Gasteiger partial charge in [0.1, 0.15) is 0 Å². The first-order chi connectivity index (χ1) is 12.8. The van der Waals surface area contributed by atoms with Gasteiger partial charge in [0.05, 0.1) is 24.1 Å². The minimum Gasteiger partial charge on any atom is -0.348 e. The minimum atomic E-state index is 0.660. The quantitative estimate of drug-likeness (QED) is 0.685. The second kappa shape index (κ2) is 7.92. The number of hydrogen-bond donors (Lipinski definition) is 1. The van der Waals surface area contributed by atoms with Crippen molar-refractivity contribution >= 4 is 23.0 Å². The third-order valence-electron chi connectivity index (χ3n) is 4.88. The number of nitrogens with zero attached hydrogens (tertiary/aromatic N) is 5. The average Bonchev–Trinajstić information content (AvgIpc) is 3.16. The van der Waals surface area contributed by atoms with E-state index in [-0.39, 0.29) is 0 Å². The molecule has 142 valence electrons. The maximum Gasteiger partial charge on any atom is 0.173 e. The van der Waals surface area contributed by atoms with Crippen molar-refractivity contribution in [1.29, 1.82) is 0 Å². The van der Waals surface area contributed by atoms with Crippen molar-refractivity contribution in [3.05, 3.63) is 64.7 Å². The molecule has 2 aromatic heterocycles. The molecular weight excluding hydrogens is 356 g/mol. The predicted molar refractivity (Wildman–Crippen MR) is 113 cm³/mol. The van der Waals surface area contributed by atoms with Crippen LogP contribution in [0, 0.1) is 20.8 Å². The fourth-order valence-electron chi connectivity index (χ4n) is 3.05. The highest BCUT2D eigenvalue weighted by atomic mass is 32.1. The molecule has 0 amide bonds. The van der Waals surface area contributed by atoms with Gasteiger partial charge in [-0.3, -0.25) is 9.36 Å². The lowest BCUT2D eigenvalue weighted by Gasteiger charge is -2.20. The summed E-state index contributed by atoms with van der Waals surface area (Å²) in [7, 11) is 3.95. The van der Waals surface area contributed by atoms with Crippen LogP contribution >= 0.6 is 12.2 Å². The molecule has 3 rings (SSSR count). The van der Waals surface area contributed by atoms with Crippen molar-refractivity contribution in [1.82, 2.24) is 24.5 Å². The second-order valence-corrected chi connectivity index (χ2v) is 7.30. The largest absolute Gasteiger partial charge is 0.348 e. The smallest absolute Gasteiger partial charge is 0.173 e. The van der Waals surface area contributed by atoms with Crippen LogP contribution in [0.15, 0.2) is 36.7 Å².